The van der Waals surface area contributed by atoms with Crippen LogP contribution in [0.25, 0.3) is 0 Å². The van der Waals surface area contributed by atoms with Gasteiger partial charge in [0.25, 0.3) is 0 Å². The number of likely N-dealkylation sites (N-methyl/N-ethyl adjacent to an activating group) is 1. The Labute approximate surface area is 169 Å². The van der Waals surface area contributed by atoms with Gasteiger partial charge >= 0.3 is 6.09 Å². The molecule has 2 heterocycles. The topological polar surface area (TPSA) is 92.2 Å². The molecule has 1 unspecified atom stereocenters. The maximum atomic E-state index is 13.5. The van der Waals surface area contributed by atoms with E-state index >= 15 is 0 Å². The maximum absolute atomic E-state index is 13.5. The Bertz CT molecular complexity index is 895. The minimum Gasteiger partial charge on any atom is -0.465 e. The molecule has 0 fully saturated rings. The number of aromatic nitrogens is 1. The van der Waals surface area contributed by atoms with Gasteiger partial charge in [0.05, 0.1) is 0 Å². The standard InChI is InChI=1S/C21H25N3O5/c1-21(2,3)24(20(26)27)16(11-14-7-9-22-10-8-14)19(25)23(4)15-5-6-17-18(12-15)29-13-28-17/h5-10,12,16H,11,13H2,1-4H3,(H,26,27). The fourth-order valence-corrected chi connectivity index (χ4v) is 3.36. The van der Waals surface area contributed by atoms with Crippen molar-refractivity contribution < 1.29 is 24.2 Å². The van der Waals surface area contributed by atoms with Crippen molar-refractivity contribution in [2.75, 3.05) is 18.7 Å². The van der Waals surface area contributed by atoms with Crippen LogP contribution in [0, 0.1) is 0 Å². The highest BCUT2D eigenvalue weighted by atomic mass is 16.7. The van der Waals surface area contributed by atoms with Crippen molar-refractivity contribution in [1.82, 2.24) is 9.88 Å². The molecule has 8 heteroatoms. The Morgan fingerprint density at radius 1 is 1.14 bits per heavy atom. The number of carbonyl (C=O) groups excluding carboxylic acids is 1. The first-order valence-electron chi connectivity index (χ1n) is 9.27. The number of benzene rings is 1. The van der Waals surface area contributed by atoms with Crippen LogP contribution in [0.3, 0.4) is 0 Å². The normalized spacial score (nSPS) is 13.7. The summed E-state index contributed by atoms with van der Waals surface area (Å²) in [5.41, 5.74) is 0.653. The second-order valence-corrected chi connectivity index (χ2v) is 7.83. The average molecular weight is 399 g/mol. The van der Waals surface area contributed by atoms with Crippen LogP contribution in [0.5, 0.6) is 11.5 Å². The number of carbonyl (C=O) groups is 2. The number of carboxylic acid groups (broad SMARTS) is 1. The lowest BCUT2D eigenvalue weighted by Crippen LogP contribution is -2.58. The predicted molar refractivity (Wildman–Crippen MR) is 107 cm³/mol. The number of rotatable bonds is 5. The van der Waals surface area contributed by atoms with E-state index in [1.54, 1.807) is 70.5 Å². The highest BCUT2D eigenvalue weighted by molar-refractivity contribution is 5.98. The Morgan fingerprint density at radius 2 is 1.79 bits per heavy atom. The van der Waals surface area contributed by atoms with Gasteiger partial charge in [-0.25, -0.2) is 4.79 Å². The first-order chi connectivity index (χ1) is 13.7. The monoisotopic (exact) mass is 399 g/mol. The SMILES string of the molecule is CN(C(=O)C(Cc1ccncc1)N(C(=O)O)C(C)(C)C)c1ccc2c(c1)OCO2. The first-order valence-corrected chi connectivity index (χ1v) is 9.27. The lowest BCUT2D eigenvalue weighted by atomic mass is 9.98. The van der Waals surface area contributed by atoms with Gasteiger partial charge in [0.2, 0.25) is 12.7 Å². The number of ether oxygens (including phenoxy) is 2. The van der Waals surface area contributed by atoms with Crippen molar-refractivity contribution in [3.8, 4) is 11.5 Å². The third-order valence-electron chi connectivity index (χ3n) is 4.78. The van der Waals surface area contributed by atoms with Crippen molar-refractivity contribution in [2.45, 2.75) is 38.8 Å². The summed E-state index contributed by atoms with van der Waals surface area (Å²) in [5, 5.41) is 9.89. The second-order valence-electron chi connectivity index (χ2n) is 7.83. The molecule has 1 aromatic carbocycles. The molecule has 2 amide bonds. The van der Waals surface area contributed by atoms with Crippen molar-refractivity contribution in [3.63, 3.8) is 0 Å². The van der Waals surface area contributed by atoms with Gasteiger partial charge in [-0.15, -0.1) is 0 Å². The Morgan fingerprint density at radius 3 is 2.41 bits per heavy atom. The van der Waals surface area contributed by atoms with Crippen LogP contribution in [0.4, 0.5) is 10.5 Å². The molecule has 1 atom stereocenters. The van der Waals surface area contributed by atoms with Crippen molar-refractivity contribution >= 4 is 17.7 Å². The molecule has 8 nitrogen and oxygen atoms in total. The lowest BCUT2D eigenvalue weighted by Gasteiger charge is -2.40. The van der Waals surface area contributed by atoms with Gasteiger partial charge in [0.1, 0.15) is 6.04 Å². The Kier molecular flexibility index (Phi) is 5.63. The summed E-state index contributed by atoms with van der Waals surface area (Å²) in [6.45, 7) is 5.45. The lowest BCUT2D eigenvalue weighted by molar-refractivity contribution is -0.124. The van der Waals surface area contributed by atoms with Crippen LogP contribution in [-0.2, 0) is 11.2 Å². The summed E-state index contributed by atoms with van der Waals surface area (Å²) in [5.74, 6) is 0.835. The van der Waals surface area contributed by atoms with Gasteiger partial charge in [-0.2, -0.15) is 0 Å². The molecule has 0 saturated heterocycles. The molecule has 1 aliphatic rings. The van der Waals surface area contributed by atoms with Crippen LogP contribution in [0.1, 0.15) is 26.3 Å². The van der Waals surface area contributed by atoms with Gasteiger partial charge < -0.3 is 19.5 Å². The summed E-state index contributed by atoms with van der Waals surface area (Å²) in [7, 11) is 1.63. The zero-order valence-corrected chi connectivity index (χ0v) is 17.0. The quantitative estimate of drug-likeness (QED) is 0.830. The van der Waals surface area contributed by atoms with E-state index in [1.165, 1.54) is 9.80 Å². The summed E-state index contributed by atoms with van der Waals surface area (Å²) >= 11 is 0. The number of hydrogen-bond donors (Lipinski definition) is 1. The summed E-state index contributed by atoms with van der Waals surface area (Å²) in [4.78, 5) is 32.2. The molecule has 1 aromatic heterocycles. The van der Waals surface area contributed by atoms with Crippen molar-refractivity contribution in [2.24, 2.45) is 0 Å². The predicted octanol–water partition coefficient (Wildman–Crippen LogP) is 3.16. The van der Waals surface area contributed by atoms with Gasteiger partial charge in [-0.3, -0.25) is 14.7 Å². The average Bonchev–Trinajstić information content (AvgIpc) is 3.13. The summed E-state index contributed by atoms with van der Waals surface area (Å²) in [6, 6.07) is 7.85. The van der Waals surface area contributed by atoms with Gasteiger partial charge in [0, 0.05) is 43.2 Å². The number of anilines is 1. The van der Waals surface area contributed by atoms with Crippen molar-refractivity contribution in [3.05, 3.63) is 48.3 Å². The third kappa shape index (κ3) is 4.42. The fourth-order valence-electron chi connectivity index (χ4n) is 3.36. The van der Waals surface area contributed by atoms with E-state index in [9.17, 15) is 14.7 Å². The smallest absolute Gasteiger partial charge is 0.408 e. The van der Waals surface area contributed by atoms with E-state index in [1.807, 2.05) is 0 Å². The molecule has 0 saturated carbocycles. The van der Waals surface area contributed by atoms with Crippen LogP contribution in [0.2, 0.25) is 0 Å². The second kappa shape index (κ2) is 7.98. The van der Waals surface area contributed by atoms with E-state index in [2.05, 4.69) is 4.98 Å². The zero-order chi connectivity index (χ0) is 21.2. The zero-order valence-electron chi connectivity index (χ0n) is 17.0. The fraction of sp³-hybridized carbons (Fsp3) is 0.381. The number of amides is 2. The van der Waals surface area contributed by atoms with E-state index in [4.69, 9.17) is 9.47 Å². The molecule has 2 aromatic rings. The number of nitrogens with zero attached hydrogens (tertiary/aromatic N) is 3. The molecule has 0 bridgehead atoms. The van der Waals surface area contributed by atoms with Crippen LogP contribution in [0.15, 0.2) is 42.7 Å². The number of pyridine rings is 1. The maximum Gasteiger partial charge on any atom is 0.408 e. The Balaban J connectivity index is 1.95. The van der Waals surface area contributed by atoms with E-state index < -0.39 is 17.7 Å². The molecule has 154 valence electrons. The molecule has 1 aliphatic heterocycles. The number of fused-ring (bicyclic) bond motifs is 1. The first kappa shape index (κ1) is 20.4. The minimum absolute atomic E-state index is 0.137. The highest BCUT2D eigenvalue weighted by Gasteiger charge is 2.39. The minimum atomic E-state index is -1.15. The van der Waals surface area contributed by atoms with E-state index in [-0.39, 0.29) is 19.1 Å². The van der Waals surface area contributed by atoms with Crippen LogP contribution in [-0.4, -0.2) is 52.4 Å². The molecule has 0 aliphatic carbocycles. The highest BCUT2D eigenvalue weighted by Crippen LogP contribution is 2.35. The third-order valence-corrected chi connectivity index (χ3v) is 4.78. The molecular formula is C21H25N3O5. The Hall–Kier alpha value is -3.29. The largest absolute Gasteiger partial charge is 0.465 e. The molecular weight excluding hydrogens is 374 g/mol. The van der Waals surface area contributed by atoms with Crippen molar-refractivity contribution in [1.29, 1.82) is 0 Å². The summed E-state index contributed by atoms with van der Waals surface area (Å²) in [6.07, 6.45) is 2.34. The molecule has 1 N–H and O–H groups in total. The van der Waals surface area contributed by atoms with Gasteiger partial charge in [0.15, 0.2) is 11.5 Å². The molecule has 0 radical (unpaired) electrons. The summed E-state index contributed by atoms with van der Waals surface area (Å²) < 4.78 is 10.7. The van der Waals surface area contributed by atoms with Gasteiger partial charge in [-0.1, -0.05) is 0 Å². The van der Waals surface area contributed by atoms with Crippen LogP contribution >= 0.6 is 0 Å². The number of hydrogen-bond acceptors (Lipinski definition) is 5. The van der Waals surface area contributed by atoms with Crippen LogP contribution < -0.4 is 14.4 Å². The molecule has 0 spiro atoms. The van der Waals surface area contributed by atoms with Gasteiger partial charge in [-0.05, 0) is 50.6 Å². The van der Waals surface area contributed by atoms with E-state index in [0.29, 0.717) is 17.2 Å². The van der Waals surface area contributed by atoms with E-state index in [0.717, 1.165) is 5.56 Å². The molecule has 3 rings (SSSR count). The molecule has 29 heavy (non-hydrogen) atoms.